The second-order valence-electron chi connectivity index (χ2n) is 5.67. The lowest BCUT2D eigenvalue weighted by Crippen LogP contribution is -2.38. The van der Waals surface area contributed by atoms with Crippen LogP contribution in [0, 0.1) is 11.3 Å². The molecule has 14 heavy (non-hydrogen) atoms. The van der Waals surface area contributed by atoms with E-state index in [1.807, 2.05) is 0 Å². The van der Waals surface area contributed by atoms with Crippen LogP contribution in [0.4, 0.5) is 0 Å². The number of hydrogen-bond acceptors (Lipinski definition) is 2. The van der Waals surface area contributed by atoms with Crippen LogP contribution in [0.2, 0.25) is 0 Å². The topological polar surface area (TPSA) is 35.2 Å². The summed E-state index contributed by atoms with van der Waals surface area (Å²) < 4.78 is 5.95. The Morgan fingerprint density at radius 1 is 1.14 bits per heavy atom. The van der Waals surface area contributed by atoms with Gasteiger partial charge in [0.1, 0.15) is 0 Å². The Labute approximate surface area is 89.2 Å². The van der Waals surface area contributed by atoms with Gasteiger partial charge < -0.3 is 10.5 Å². The van der Waals surface area contributed by atoms with Crippen molar-refractivity contribution in [3.8, 4) is 0 Å². The molecule has 2 nitrogen and oxygen atoms in total. The molecule has 0 aliphatic heterocycles. The Morgan fingerprint density at radius 2 is 1.64 bits per heavy atom. The molecule has 0 fully saturated rings. The fourth-order valence-corrected chi connectivity index (χ4v) is 1.61. The van der Waals surface area contributed by atoms with Crippen molar-refractivity contribution >= 4 is 0 Å². The average molecular weight is 201 g/mol. The summed E-state index contributed by atoms with van der Waals surface area (Å²) in [6.07, 6.45) is 1.58. The SMILES string of the molecule is CC(C)CC(C)OC(CN)C(C)(C)C. The summed E-state index contributed by atoms with van der Waals surface area (Å²) in [7, 11) is 0. The molecule has 2 unspecified atom stereocenters. The van der Waals surface area contributed by atoms with E-state index in [9.17, 15) is 0 Å². The molecule has 0 saturated carbocycles. The first-order valence-electron chi connectivity index (χ1n) is 5.63. The minimum Gasteiger partial charge on any atom is -0.373 e. The van der Waals surface area contributed by atoms with E-state index in [1.54, 1.807) is 0 Å². The summed E-state index contributed by atoms with van der Waals surface area (Å²) in [5.41, 5.74) is 5.85. The highest BCUT2D eigenvalue weighted by Gasteiger charge is 2.25. The zero-order valence-corrected chi connectivity index (χ0v) is 10.6. The van der Waals surface area contributed by atoms with E-state index in [4.69, 9.17) is 10.5 Å². The maximum absolute atomic E-state index is 5.95. The van der Waals surface area contributed by atoms with Gasteiger partial charge in [0.25, 0.3) is 0 Å². The van der Waals surface area contributed by atoms with Gasteiger partial charge in [-0.25, -0.2) is 0 Å². The molecule has 2 heteroatoms. The molecule has 0 amide bonds. The van der Waals surface area contributed by atoms with E-state index in [-0.39, 0.29) is 11.5 Å². The predicted octanol–water partition coefficient (Wildman–Crippen LogP) is 2.81. The summed E-state index contributed by atoms with van der Waals surface area (Å²) in [6, 6.07) is 0. The van der Waals surface area contributed by atoms with Gasteiger partial charge in [0.15, 0.2) is 0 Å². The molecular weight excluding hydrogens is 174 g/mol. The van der Waals surface area contributed by atoms with Crippen LogP contribution >= 0.6 is 0 Å². The molecule has 0 saturated heterocycles. The average Bonchev–Trinajstić information content (AvgIpc) is 1.96. The van der Waals surface area contributed by atoms with E-state index in [2.05, 4.69) is 41.5 Å². The van der Waals surface area contributed by atoms with E-state index in [0.717, 1.165) is 6.42 Å². The van der Waals surface area contributed by atoms with E-state index in [0.29, 0.717) is 18.6 Å². The standard InChI is InChI=1S/C12H27NO/c1-9(2)7-10(3)14-11(8-13)12(4,5)6/h9-11H,7-8,13H2,1-6H3. The van der Waals surface area contributed by atoms with Crippen LogP contribution in [0.25, 0.3) is 0 Å². The van der Waals surface area contributed by atoms with Gasteiger partial charge >= 0.3 is 0 Å². The van der Waals surface area contributed by atoms with E-state index in [1.165, 1.54) is 0 Å². The van der Waals surface area contributed by atoms with Crippen molar-refractivity contribution in [3.63, 3.8) is 0 Å². The van der Waals surface area contributed by atoms with Gasteiger partial charge in [-0.2, -0.15) is 0 Å². The number of hydrogen-bond donors (Lipinski definition) is 1. The lowest BCUT2D eigenvalue weighted by molar-refractivity contribution is -0.0597. The molecule has 0 spiro atoms. The third kappa shape index (κ3) is 5.61. The normalized spacial score (nSPS) is 17.1. The molecule has 2 N–H and O–H groups in total. The maximum Gasteiger partial charge on any atom is 0.0749 e. The molecule has 0 heterocycles. The van der Waals surface area contributed by atoms with Crippen LogP contribution in [-0.4, -0.2) is 18.8 Å². The van der Waals surface area contributed by atoms with Gasteiger partial charge in [-0.15, -0.1) is 0 Å². The highest BCUT2D eigenvalue weighted by molar-refractivity contribution is 4.76. The highest BCUT2D eigenvalue weighted by Crippen LogP contribution is 2.23. The third-order valence-electron chi connectivity index (χ3n) is 2.38. The van der Waals surface area contributed by atoms with Crippen LogP contribution in [0.5, 0.6) is 0 Å². The van der Waals surface area contributed by atoms with Crippen molar-refractivity contribution in [2.45, 2.75) is 60.2 Å². The van der Waals surface area contributed by atoms with Gasteiger partial charge in [0.2, 0.25) is 0 Å². The quantitative estimate of drug-likeness (QED) is 0.742. The monoisotopic (exact) mass is 201 g/mol. The summed E-state index contributed by atoms with van der Waals surface area (Å²) in [5.74, 6) is 0.684. The first-order valence-corrected chi connectivity index (χ1v) is 5.63. The maximum atomic E-state index is 5.95. The summed E-state index contributed by atoms with van der Waals surface area (Å²) in [5, 5.41) is 0. The van der Waals surface area contributed by atoms with Crippen LogP contribution in [-0.2, 0) is 4.74 Å². The summed E-state index contributed by atoms with van der Waals surface area (Å²) in [4.78, 5) is 0. The lowest BCUT2D eigenvalue weighted by atomic mass is 9.89. The van der Waals surface area contributed by atoms with Crippen molar-refractivity contribution in [2.75, 3.05) is 6.54 Å². The zero-order valence-electron chi connectivity index (χ0n) is 10.6. The predicted molar refractivity (Wildman–Crippen MR) is 62.3 cm³/mol. The first kappa shape index (κ1) is 13.9. The molecule has 86 valence electrons. The zero-order chi connectivity index (χ0) is 11.4. The number of nitrogens with two attached hydrogens (primary N) is 1. The fourth-order valence-electron chi connectivity index (χ4n) is 1.61. The second kappa shape index (κ2) is 5.72. The molecule has 0 rings (SSSR count). The van der Waals surface area contributed by atoms with Gasteiger partial charge in [0, 0.05) is 6.54 Å². The van der Waals surface area contributed by atoms with Gasteiger partial charge in [-0.1, -0.05) is 34.6 Å². The first-order chi connectivity index (χ1) is 6.27. The second-order valence-corrected chi connectivity index (χ2v) is 5.67. The molecule has 2 atom stereocenters. The van der Waals surface area contributed by atoms with Crippen LogP contribution in [0.1, 0.15) is 48.0 Å². The minimum atomic E-state index is 0.139. The van der Waals surface area contributed by atoms with Crippen molar-refractivity contribution in [3.05, 3.63) is 0 Å². The van der Waals surface area contributed by atoms with Crippen LogP contribution in [0.15, 0.2) is 0 Å². The Kier molecular flexibility index (Phi) is 5.68. The highest BCUT2D eigenvalue weighted by atomic mass is 16.5. The van der Waals surface area contributed by atoms with Gasteiger partial charge in [0.05, 0.1) is 12.2 Å². The fraction of sp³-hybridized carbons (Fsp3) is 1.00. The van der Waals surface area contributed by atoms with E-state index >= 15 is 0 Å². The molecule has 0 bridgehead atoms. The minimum absolute atomic E-state index is 0.139. The van der Waals surface area contributed by atoms with Crippen molar-refractivity contribution in [1.82, 2.24) is 0 Å². The molecular formula is C12H27NO. The van der Waals surface area contributed by atoms with E-state index < -0.39 is 0 Å². The smallest absolute Gasteiger partial charge is 0.0749 e. The molecule has 0 radical (unpaired) electrons. The largest absolute Gasteiger partial charge is 0.373 e. The molecule has 0 aromatic carbocycles. The van der Waals surface area contributed by atoms with Crippen LogP contribution in [0.3, 0.4) is 0 Å². The molecule has 0 aliphatic carbocycles. The Hall–Kier alpha value is -0.0800. The molecule has 0 aliphatic rings. The molecule has 0 aromatic heterocycles. The lowest BCUT2D eigenvalue weighted by Gasteiger charge is -2.32. The van der Waals surface area contributed by atoms with Crippen molar-refractivity contribution in [2.24, 2.45) is 17.1 Å². The van der Waals surface area contributed by atoms with Gasteiger partial charge in [-0.3, -0.25) is 0 Å². The summed E-state index contributed by atoms with van der Waals surface area (Å²) in [6.45, 7) is 13.7. The van der Waals surface area contributed by atoms with Crippen LogP contribution < -0.4 is 5.73 Å². The van der Waals surface area contributed by atoms with Crippen molar-refractivity contribution < 1.29 is 4.74 Å². The molecule has 0 aromatic rings. The third-order valence-corrected chi connectivity index (χ3v) is 2.38. The summed E-state index contributed by atoms with van der Waals surface area (Å²) >= 11 is 0. The Balaban J connectivity index is 4.06. The number of rotatable bonds is 5. The number of ether oxygens (including phenoxy) is 1. The Morgan fingerprint density at radius 3 is 1.93 bits per heavy atom. The van der Waals surface area contributed by atoms with Gasteiger partial charge in [-0.05, 0) is 24.7 Å². The Bertz CT molecular complexity index is 149. The van der Waals surface area contributed by atoms with Crippen molar-refractivity contribution in [1.29, 1.82) is 0 Å².